The lowest BCUT2D eigenvalue weighted by molar-refractivity contribution is -0.186. The van der Waals surface area contributed by atoms with Crippen LogP contribution in [0.2, 0.25) is 0 Å². The second-order valence-electron chi connectivity index (χ2n) is 6.92. The zero-order chi connectivity index (χ0) is 18.5. The van der Waals surface area contributed by atoms with E-state index in [4.69, 9.17) is 14.3 Å². The molecule has 2 aromatic heterocycles. The number of hydroxylamine groups is 1. The smallest absolute Gasteiger partial charge is 0.285 e. The first-order chi connectivity index (χ1) is 13.3. The van der Waals surface area contributed by atoms with Gasteiger partial charge in [0.05, 0.1) is 22.4 Å². The van der Waals surface area contributed by atoms with Gasteiger partial charge in [0.15, 0.2) is 6.29 Å². The number of thiophene rings is 1. The van der Waals surface area contributed by atoms with Crippen molar-refractivity contribution in [1.82, 2.24) is 15.3 Å². The summed E-state index contributed by atoms with van der Waals surface area (Å²) in [6.45, 7) is 2.29. The summed E-state index contributed by atoms with van der Waals surface area (Å²) in [6, 6.07) is 5.69. The molecule has 8 heteroatoms. The van der Waals surface area contributed by atoms with Gasteiger partial charge >= 0.3 is 0 Å². The number of hydrogen-bond acceptors (Lipinski definition) is 6. The lowest BCUT2D eigenvalue weighted by Gasteiger charge is -2.22. The second-order valence-corrected chi connectivity index (χ2v) is 8.00. The number of nitrogens with zero attached hydrogens (tertiary/aromatic N) is 2. The monoisotopic (exact) mass is 391 g/mol. The molecule has 0 aliphatic carbocycles. The van der Waals surface area contributed by atoms with E-state index in [1.165, 1.54) is 17.8 Å². The van der Waals surface area contributed by atoms with Gasteiger partial charge in [-0.25, -0.2) is 10.3 Å². The number of aromatic nitrogens is 2. The molecule has 4 heterocycles. The summed E-state index contributed by atoms with van der Waals surface area (Å²) in [5, 5.41) is 4.63. The van der Waals surface area contributed by atoms with Crippen molar-refractivity contribution in [3.8, 4) is 10.6 Å². The molecule has 4 rings (SSSR count). The van der Waals surface area contributed by atoms with Crippen LogP contribution in [0.25, 0.3) is 10.6 Å². The van der Waals surface area contributed by atoms with Crippen LogP contribution < -0.4 is 5.48 Å². The highest BCUT2D eigenvalue weighted by molar-refractivity contribution is 7.17. The molecule has 2 atom stereocenters. The normalized spacial score (nSPS) is 23.3. The molecule has 2 aliphatic heterocycles. The van der Waals surface area contributed by atoms with Crippen molar-refractivity contribution < 1.29 is 19.1 Å². The molecule has 2 aliphatic rings. The molecule has 0 aromatic carbocycles. The first kappa shape index (κ1) is 18.6. The molecule has 0 radical (unpaired) electrons. The van der Waals surface area contributed by atoms with Gasteiger partial charge in [0.25, 0.3) is 5.91 Å². The highest BCUT2D eigenvalue weighted by atomic mass is 32.1. The Bertz CT molecular complexity index is 748. The van der Waals surface area contributed by atoms with Crippen molar-refractivity contribution in [2.75, 3.05) is 13.2 Å². The Labute approximate surface area is 162 Å². The third kappa shape index (κ3) is 4.95. The molecule has 1 amide bonds. The first-order valence-electron chi connectivity index (χ1n) is 9.61. The van der Waals surface area contributed by atoms with Gasteiger partial charge in [0.2, 0.25) is 0 Å². The highest BCUT2D eigenvalue weighted by Crippen LogP contribution is 2.27. The van der Waals surface area contributed by atoms with E-state index in [0.717, 1.165) is 55.8 Å². The number of rotatable bonds is 6. The molecule has 2 unspecified atom stereocenters. The average molecular weight is 391 g/mol. The van der Waals surface area contributed by atoms with Gasteiger partial charge in [-0.05, 0) is 50.3 Å². The molecule has 7 nitrogen and oxygen atoms in total. The lowest BCUT2D eigenvalue weighted by Crippen LogP contribution is -2.32. The maximum Gasteiger partial charge on any atom is 0.285 e. The van der Waals surface area contributed by atoms with Crippen molar-refractivity contribution in [3.63, 3.8) is 0 Å². The fourth-order valence-electron chi connectivity index (χ4n) is 3.33. The molecule has 1 N–H and O–H groups in total. The third-order valence-electron chi connectivity index (χ3n) is 4.81. The summed E-state index contributed by atoms with van der Waals surface area (Å²) in [5.41, 5.74) is 3.36. The molecular formula is C19H25N3O4S. The predicted octanol–water partition coefficient (Wildman–Crippen LogP) is 3.37. The third-order valence-corrected chi connectivity index (χ3v) is 5.92. The minimum absolute atomic E-state index is 0.246. The molecule has 2 aromatic rings. The van der Waals surface area contributed by atoms with E-state index >= 15 is 0 Å². The maximum absolute atomic E-state index is 12.3. The minimum Gasteiger partial charge on any atom is -0.376 e. The number of carbonyl (C=O) groups excluding carboxylic acids is 1. The maximum atomic E-state index is 12.3. The number of nitrogens with one attached hydrogen (secondary N) is 1. The number of ether oxygens (including phenoxy) is 2. The van der Waals surface area contributed by atoms with Crippen molar-refractivity contribution in [2.45, 2.75) is 57.5 Å². The fraction of sp³-hybridized carbons (Fsp3) is 0.579. The van der Waals surface area contributed by atoms with Gasteiger partial charge in [0.1, 0.15) is 5.69 Å². The van der Waals surface area contributed by atoms with Crippen LogP contribution in [-0.2, 0) is 20.9 Å². The average Bonchev–Trinajstić information content (AvgIpc) is 3.37. The Morgan fingerprint density at radius 2 is 2.04 bits per heavy atom. The number of carbonyl (C=O) groups is 1. The second kappa shape index (κ2) is 8.97. The summed E-state index contributed by atoms with van der Waals surface area (Å²) >= 11 is 1.40. The van der Waals surface area contributed by atoms with Crippen molar-refractivity contribution in [2.24, 2.45) is 0 Å². The zero-order valence-corrected chi connectivity index (χ0v) is 16.1. The Morgan fingerprint density at radius 1 is 1.19 bits per heavy atom. The zero-order valence-electron chi connectivity index (χ0n) is 15.3. The van der Waals surface area contributed by atoms with Crippen molar-refractivity contribution >= 4 is 17.2 Å². The Morgan fingerprint density at radius 3 is 2.81 bits per heavy atom. The Kier molecular flexibility index (Phi) is 6.18. The van der Waals surface area contributed by atoms with Gasteiger partial charge < -0.3 is 9.47 Å². The summed E-state index contributed by atoms with van der Waals surface area (Å²) in [4.78, 5) is 19.2. The van der Waals surface area contributed by atoms with E-state index in [2.05, 4.69) is 10.6 Å². The van der Waals surface area contributed by atoms with Crippen LogP contribution in [0.1, 0.15) is 48.2 Å². The van der Waals surface area contributed by atoms with Crippen LogP contribution >= 0.6 is 11.3 Å². The quantitative estimate of drug-likeness (QED) is 0.764. The molecule has 27 heavy (non-hydrogen) atoms. The van der Waals surface area contributed by atoms with Gasteiger partial charge in [-0.2, -0.15) is 5.10 Å². The van der Waals surface area contributed by atoms with E-state index < -0.39 is 0 Å². The standard InChI is InChI=1S/C19H25N3O4S/c23-19(21-26-18-6-2-4-12-25-18)17-8-7-16(27-17)15-9-10-22(20-15)13-14-5-1-3-11-24-14/h7-10,14,18H,1-6,11-13H2,(H,21,23). The van der Waals surface area contributed by atoms with Gasteiger partial charge in [0, 0.05) is 25.8 Å². The number of amides is 1. The van der Waals surface area contributed by atoms with E-state index in [1.54, 1.807) is 6.07 Å². The van der Waals surface area contributed by atoms with E-state index in [9.17, 15) is 4.79 Å². The van der Waals surface area contributed by atoms with E-state index in [1.807, 2.05) is 23.0 Å². The predicted molar refractivity (Wildman–Crippen MR) is 101 cm³/mol. The van der Waals surface area contributed by atoms with Crippen LogP contribution in [0.3, 0.4) is 0 Å². The van der Waals surface area contributed by atoms with E-state index in [0.29, 0.717) is 11.5 Å². The largest absolute Gasteiger partial charge is 0.376 e. The fourth-order valence-corrected chi connectivity index (χ4v) is 4.18. The summed E-state index contributed by atoms with van der Waals surface area (Å²) in [7, 11) is 0. The molecule has 0 saturated carbocycles. The molecule has 2 fully saturated rings. The topological polar surface area (TPSA) is 74.6 Å². The van der Waals surface area contributed by atoms with Crippen LogP contribution in [0.15, 0.2) is 24.4 Å². The van der Waals surface area contributed by atoms with Crippen LogP contribution in [0.4, 0.5) is 0 Å². The van der Waals surface area contributed by atoms with Gasteiger partial charge in [-0.3, -0.25) is 9.48 Å². The van der Waals surface area contributed by atoms with Crippen molar-refractivity contribution in [1.29, 1.82) is 0 Å². The summed E-state index contributed by atoms with van der Waals surface area (Å²) < 4.78 is 13.1. The summed E-state index contributed by atoms with van der Waals surface area (Å²) in [5.74, 6) is -0.254. The highest BCUT2D eigenvalue weighted by Gasteiger charge is 2.18. The Balaban J connectivity index is 1.32. The van der Waals surface area contributed by atoms with Crippen LogP contribution in [0.5, 0.6) is 0 Å². The Hall–Kier alpha value is -1.74. The molecular weight excluding hydrogens is 366 g/mol. The van der Waals surface area contributed by atoms with Crippen LogP contribution in [0, 0.1) is 0 Å². The SMILES string of the molecule is O=C(NOC1CCCCO1)c1ccc(-c2ccn(CC3CCCCO3)n2)s1. The van der Waals surface area contributed by atoms with E-state index in [-0.39, 0.29) is 18.3 Å². The lowest BCUT2D eigenvalue weighted by atomic mass is 10.1. The molecule has 0 bridgehead atoms. The first-order valence-corrected chi connectivity index (χ1v) is 10.4. The molecule has 2 saturated heterocycles. The molecule has 0 spiro atoms. The van der Waals surface area contributed by atoms with Crippen molar-refractivity contribution in [3.05, 3.63) is 29.3 Å². The molecule has 146 valence electrons. The summed E-state index contributed by atoms with van der Waals surface area (Å²) in [6.07, 6.45) is 8.22. The van der Waals surface area contributed by atoms with Gasteiger partial charge in [-0.15, -0.1) is 11.3 Å². The van der Waals surface area contributed by atoms with Gasteiger partial charge in [-0.1, -0.05) is 0 Å². The number of hydrogen-bond donors (Lipinski definition) is 1. The minimum atomic E-state index is -0.347. The van der Waals surface area contributed by atoms with Crippen LogP contribution in [-0.4, -0.2) is 41.3 Å².